The predicted octanol–water partition coefficient (Wildman–Crippen LogP) is -0.167. The minimum atomic E-state index is -0.562. The lowest BCUT2D eigenvalue weighted by molar-refractivity contribution is 0.0764. The number of aromatic nitrogens is 2. The van der Waals surface area contributed by atoms with Crippen LogP contribution in [0, 0.1) is 6.92 Å². The van der Waals surface area contributed by atoms with Gasteiger partial charge in [0.2, 0.25) is 5.95 Å². The highest BCUT2D eigenvalue weighted by Gasteiger charge is 2.26. The first-order valence-electron chi connectivity index (χ1n) is 8.51. The van der Waals surface area contributed by atoms with Gasteiger partial charge in [0.05, 0.1) is 23.4 Å². The number of nitrogens with zero attached hydrogens (tertiary/aromatic N) is 4. The number of piperazine rings is 1. The summed E-state index contributed by atoms with van der Waals surface area (Å²) in [6.07, 6.45) is 1.75. The molecule has 2 atom stereocenters. The Bertz CT molecular complexity index is 598. The van der Waals surface area contributed by atoms with Gasteiger partial charge in [-0.3, -0.25) is 4.79 Å². The van der Waals surface area contributed by atoms with Crippen LogP contribution in [0.15, 0.2) is 6.20 Å². The molecule has 0 spiro atoms. The van der Waals surface area contributed by atoms with Gasteiger partial charge in [0.15, 0.2) is 0 Å². The van der Waals surface area contributed by atoms with E-state index < -0.39 is 6.10 Å². The molecular formula is C16H28Cl2N6O2. The Hall–Kier alpha value is -1.19. The minimum absolute atomic E-state index is 0. The summed E-state index contributed by atoms with van der Waals surface area (Å²) in [6, 6.07) is -0.226. The van der Waals surface area contributed by atoms with E-state index in [0.717, 1.165) is 32.7 Å². The van der Waals surface area contributed by atoms with Crippen LogP contribution in [-0.4, -0.2) is 84.3 Å². The van der Waals surface area contributed by atoms with E-state index in [0.29, 0.717) is 30.2 Å². The number of nitrogens with one attached hydrogen (secondary N) is 2. The molecular weight excluding hydrogens is 379 g/mol. The number of β-amino-alcohol motifs (C(OH)–C–C–N with tert-alkyl or cyclic N) is 1. The van der Waals surface area contributed by atoms with Crippen molar-refractivity contribution in [3.05, 3.63) is 17.5 Å². The zero-order chi connectivity index (χ0) is 17.1. The predicted molar refractivity (Wildman–Crippen MR) is 106 cm³/mol. The lowest BCUT2D eigenvalue weighted by atomic mass is 10.0. The number of aliphatic hydroxyl groups excluding tert-OH is 1. The normalized spacial score (nSPS) is 23.6. The summed E-state index contributed by atoms with van der Waals surface area (Å²) in [5.74, 6) is 0.461. The Labute approximate surface area is 166 Å². The first kappa shape index (κ1) is 22.9. The number of aliphatic hydroxyl groups is 1. The highest BCUT2D eigenvalue weighted by Crippen LogP contribution is 2.14. The lowest BCUT2D eigenvalue weighted by Gasteiger charge is -2.32. The quantitative estimate of drug-likeness (QED) is 0.641. The summed E-state index contributed by atoms with van der Waals surface area (Å²) in [6.45, 7) is 6.87. The highest BCUT2D eigenvalue weighted by atomic mass is 35.5. The summed E-state index contributed by atoms with van der Waals surface area (Å²) in [5.41, 5.74) is 1.14. The van der Waals surface area contributed by atoms with Gasteiger partial charge in [0.25, 0.3) is 5.91 Å². The third-order valence-electron chi connectivity index (χ3n) is 4.76. The van der Waals surface area contributed by atoms with Crippen molar-refractivity contribution in [2.45, 2.75) is 25.5 Å². The fourth-order valence-corrected chi connectivity index (χ4v) is 3.09. The number of anilines is 1. The summed E-state index contributed by atoms with van der Waals surface area (Å²) < 4.78 is 0. The van der Waals surface area contributed by atoms with E-state index in [-0.39, 0.29) is 36.8 Å². The van der Waals surface area contributed by atoms with Crippen LogP contribution in [0.2, 0.25) is 0 Å². The van der Waals surface area contributed by atoms with Crippen LogP contribution in [0.4, 0.5) is 5.95 Å². The number of hydrogen-bond donors (Lipinski definition) is 3. The van der Waals surface area contributed by atoms with Crippen molar-refractivity contribution in [1.29, 1.82) is 0 Å². The molecule has 2 aliphatic rings. The second kappa shape index (κ2) is 10.2. The Kier molecular flexibility index (Phi) is 8.99. The molecule has 3 N–H and O–H groups in total. The van der Waals surface area contributed by atoms with Crippen molar-refractivity contribution >= 4 is 36.7 Å². The van der Waals surface area contributed by atoms with E-state index in [1.807, 2.05) is 6.92 Å². The molecule has 3 heterocycles. The smallest absolute Gasteiger partial charge is 0.255 e. The maximum Gasteiger partial charge on any atom is 0.255 e. The van der Waals surface area contributed by atoms with Gasteiger partial charge in [0.1, 0.15) is 0 Å². The van der Waals surface area contributed by atoms with Crippen molar-refractivity contribution in [1.82, 2.24) is 25.5 Å². The largest absolute Gasteiger partial charge is 0.390 e. The summed E-state index contributed by atoms with van der Waals surface area (Å²) >= 11 is 0. The zero-order valence-electron chi connectivity index (χ0n) is 15.1. The van der Waals surface area contributed by atoms with Crippen LogP contribution in [0.25, 0.3) is 0 Å². The molecule has 0 aliphatic carbocycles. The number of piperidine rings is 1. The molecule has 1 aromatic heterocycles. The molecule has 0 aromatic carbocycles. The average Bonchev–Trinajstić information content (AvgIpc) is 2.57. The number of carbonyl (C=O) groups excluding carboxylic acids is 1. The third-order valence-corrected chi connectivity index (χ3v) is 4.76. The number of hydrogen-bond acceptors (Lipinski definition) is 7. The molecule has 0 saturated carbocycles. The average molecular weight is 407 g/mol. The van der Waals surface area contributed by atoms with Crippen molar-refractivity contribution in [2.75, 3.05) is 51.2 Å². The Balaban J connectivity index is 0.00000169. The molecule has 3 rings (SSSR count). The monoisotopic (exact) mass is 406 g/mol. The fraction of sp³-hybridized carbons (Fsp3) is 0.688. The molecule has 2 saturated heterocycles. The van der Waals surface area contributed by atoms with E-state index in [1.54, 1.807) is 6.20 Å². The Morgan fingerprint density at radius 3 is 2.62 bits per heavy atom. The maximum absolute atomic E-state index is 12.5. The lowest BCUT2D eigenvalue weighted by Crippen LogP contribution is -2.52. The topological polar surface area (TPSA) is 93.6 Å². The number of amides is 1. The Morgan fingerprint density at radius 2 is 2.00 bits per heavy atom. The van der Waals surface area contributed by atoms with Crippen LogP contribution < -0.4 is 15.5 Å². The second-order valence-electron chi connectivity index (χ2n) is 6.60. The van der Waals surface area contributed by atoms with Crippen molar-refractivity contribution in [3.8, 4) is 0 Å². The summed E-state index contributed by atoms with van der Waals surface area (Å²) in [7, 11) is 2.10. The molecule has 148 valence electrons. The number of carbonyl (C=O) groups is 1. The fourth-order valence-electron chi connectivity index (χ4n) is 3.09. The molecule has 1 amide bonds. The van der Waals surface area contributed by atoms with Gasteiger partial charge < -0.3 is 25.5 Å². The van der Waals surface area contributed by atoms with Crippen molar-refractivity contribution < 1.29 is 9.90 Å². The molecule has 1 aromatic rings. The van der Waals surface area contributed by atoms with Gasteiger partial charge in [0, 0.05) is 38.9 Å². The molecule has 2 aliphatic heterocycles. The molecule has 8 nitrogen and oxygen atoms in total. The van der Waals surface area contributed by atoms with Crippen LogP contribution >= 0.6 is 24.8 Å². The number of rotatable bonds is 3. The Morgan fingerprint density at radius 1 is 1.31 bits per heavy atom. The van der Waals surface area contributed by atoms with E-state index >= 15 is 0 Å². The van der Waals surface area contributed by atoms with Crippen molar-refractivity contribution in [3.63, 3.8) is 0 Å². The summed E-state index contributed by atoms with van der Waals surface area (Å²) in [5, 5.41) is 16.0. The maximum atomic E-state index is 12.5. The SMILES string of the molecule is Cc1nc(N2CCN(C)CC2)ncc1C(=O)N[C@@H]1CCNC[C@H]1O.Cl.Cl. The first-order valence-corrected chi connectivity index (χ1v) is 8.51. The van der Waals surface area contributed by atoms with Gasteiger partial charge in [-0.2, -0.15) is 0 Å². The van der Waals surface area contributed by atoms with Gasteiger partial charge in [-0.15, -0.1) is 24.8 Å². The van der Waals surface area contributed by atoms with Gasteiger partial charge >= 0.3 is 0 Å². The van der Waals surface area contributed by atoms with Crippen molar-refractivity contribution in [2.24, 2.45) is 0 Å². The van der Waals surface area contributed by atoms with E-state index in [4.69, 9.17) is 0 Å². The second-order valence-corrected chi connectivity index (χ2v) is 6.60. The number of likely N-dealkylation sites (N-methyl/N-ethyl adjacent to an activating group) is 1. The molecule has 2 fully saturated rings. The standard InChI is InChI=1S/C16H26N6O2.2ClH/c1-11-12(15(24)20-13-3-4-17-10-14(13)23)9-18-16(19-11)22-7-5-21(2)6-8-22;;/h9,13-14,17,23H,3-8,10H2,1-2H3,(H,20,24);2*1H/t13-,14-;;/m1../s1. The van der Waals surface area contributed by atoms with Gasteiger partial charge in [-0.1, -0.05) is 0 Å². The van der Waals surface area contributed by atoms with Gasteiger partial charge in [-0.05, 0) is 26.9 Å². The first-order chi connectivity index (χ1) is 11.5. The molecule has 0 bridgehead atoms. The molecule has 26 heavy (non-hydrogen) atoms. The van der Waals surface area contributed by atoms with Crippen LogP contribution in [0.5, 0.6) is 0 Å². The van der Waals surface area contributed by atoms with E-state index in [2.05, 4.69) is 37.4 Å². The molecule has 0 unspecified atom stereocenters. The number of halogens is 2. The van der Waals surface area contributed by atoms with Gasteiger partial charge in [-0.25, -0.2) is 9.97 Å². The van der Waals surface area contributed by atoms with E-state index in [1.165, 1.54) is 0 Å². The molecule has 10 heteroatoms. The number of aryl methyl sites for hydroxylation is 1. The van der Waals surface area contributed by atoms with Crippen LogP contribution in [-0.2, 0) is 0 Å². The summed E-state index contributed by atoms with van der Waals surface area (Å²) in [4.78, 5) is 25.8. The van der Waals surface area contributed by atoms with Crippen LogP contribution in [0.1, 0.15) is 22.5 Å². The zero-order valence-corrected chi connectivity index (χ0v) is 16.8. The minimum Gasteiger partial charge on any atom is -0.390 e. The highest BCUT2D eigenvalue weighted by molar-refractivity contribution is 5.95. The third kappa shape index (κ3) is 5.40. The van der Waals surface area contributed by atoms with E-state index in [9.17, 15) is 9.90 Å². The molecule has 0 radical (unpaired) electrons. The van der Waals surface area contributed by atoms with Crippen LogP contribution in [0.3, 0.4) is 0 Å².